The highest BCUT2D eigenvalue weighted by Crippen LogP contribution is 2.27. The van der Waals surface area contributed by atoms with Gasteiger partial charge in [-0.3, -0.25) is 9.59 Å². The van der Waals surface area contributed by atoms with Gasteiger partial charge in [-0.2, -0.15) is 0 Å². The number of hydrogen-bond donors (Lipinski definition) is 2. The molecule has 2 atom stereocenters. The van der Waals surface area contributed by atoms with E-state index < -0.39 is 23.8 Å². The minimum Gasteiger partial charge on any atom is -0.444 e. The number of hydrogen-bond acceptors (Lipinski definition) is 4. The average molecular weight is 556 g/mol. The zero-order valence-electron chi connectivity index (χ0n) is 24.7. The van der Waals surface area contributed by atoms with E-state index in [-0.39, 0.29) is 11.8 Å². The molecule has 0 heterocycles. The summed E-state index contributed by atoms with van der Waals surface area (Å²) in [6.07, 6.45) is 8.53. The smallest absolute Gasteiger partial charge is 0.408 e. The van der Waals surface area contributed by atoms with Crippen molar-refractivity contribution in [2.75, 3.05) is 11.9 Å². The molecule has 0 bridgehead atoms. The van der Waals surface area contributed by atoms with Crippen molar-refractivity contribution in [2.24, 2.45) is 0 Å². The molecule has 0 spiro atoms. The van der Waals surface area contributed by atoms with Crippen molar-refractivity contribution in [3.63, 3.8) is 0 Å². The summed E-state index contributed by atoms with van der Waals surface area (Å²) in [4.78, 5) is 42.0. The maximum atomic E-state index is 14.0. The standard InChI is InChI=1S/C34H41N3O4/c1-7-9-10-13-22-37(32(39)24(3)35-33(40)41-34(4,5)6)30(27-18-16-25(8-2)17-19-27)31(38)36-29-21-20-26-14-11-12-15-28(26)23-29/h2,11-12,14-21,23-24,30H,7,9-10,13,22H2,1,3-6H3,(H,35,40)(H,36,38). The van der Waals surface area contributed by atoms with Gasteiger partial charge in [0.15, 0.2) is 0 Å². The van der Waals surface area contributed by atoms with Crippen LogP contribution in [0.25, 0.3) is 10.8 Å². The molecule has 0 aliphatic carbocycles. The normalized spacial score (nSPS) is 12.6. The quantitative estimate of drug-likeness (QED) is 0.201. The maximum Gasteiger partial charge on any atom is 0.408 e. The second kappa shape index (κ2) is 14.4. The van der Waals surface area contributed by atoms with Crippen LogP contribution in [-0.2, 0) is 14.3 Å². The van der Waals surface area contributed by atoms with E-state index in [4.69, 9.17) is 11.2 Å². The van der Waals surface area contributed by atoms with E-state index in [0.717, 1.165) is 30.0 Å². The number of benzene rings is 3. The van der Waals surface area contributed by atoms with Crippen LogP contribution < -0.4 is 10.6 Å². The van der Waals surface area contributed by atoms with Gasteiger partial charge in [0.2, 0.25) is 5.91 Å². The van der Waals surface area contributed by atoms with E-state index in [0.29, 0.717) is 29.8 Å². The van der Waals surface area contributed by atoms with E-state index in [1.807, 2.05) is 42.5 Å². The van der Waals surface area contributed by atoms with Crippen LogP contribution in [0.15, 0.2) is 66.7 Å². The highest BCUT2D eigenvalue weighted by Gasteiger charge is 2.34. The third kappa shape index (κ3) is 9.11. The van der Waals surface area contributed by atoms with Crippen LogP contribution in [0, 0.1) is 12.3 Å². The van der Waals surface area contributed by atoms with Crippen molar-refractivity contribution in [2.45, 2.75) is 78.0 Å². The molecule has 0 saturated carbocycles. The Hall–Kier alpha value is -4.31. The molecule has 7 nitrogen and oxygen atoms in total. The molecule has 7 heteroatoms. The molecular formula is C34H41N3O4. The van der Waals surface area contributed by atoms with Gasteiger partial charge in [-0.05, 0) is 74.7 Å². The van der Waals surface area contributed by atoms with Crippen molar-refractivity contribution in [1.29, 1.82) is 0 Å². The highest BCUT2D eigenvalue weighted by molar-refractivity contribution is 6.00. The average Bonchev–Trinajstić information content (AvgIpc) is 2.93. The number of rotatable bonds is 11. The van der Waals surface area contributed by atoms with Gasteiger partial charge in [-0.15, -0.1) is 6.42 Å². The molecule has 41 heavy (non-hydrogen) atoms. The predicted octanol–water partition coefficient (Wildman–Crippen LogP) is 6.82. The van der Waals surface area contributed by atoms with E-state index in [1.165, 1.54) is 0 Å². The SMILES string of the molecule is C#Cc1ccc(C(C(=O)Nc2ccc3ccccc3c2)N(CCCCCC)C(=O)C(C)NC(=O)OC(C)(C)C)cc1. The molecular weight excluding hydrogens is 514 g/mol. The first-order valence-corrected chi connectivity index (χ1v) is 14.2. The lowest BCUT2D eigenvalue weighted by molar-refractivity contribution is -0.140. The number of terminal acetylenes is 1. The first kappa shape index (κ1) is 31.2. The van der Waals surface area contributed by atoms with Gasteiger partial charge in [0.25, 0.3) is 5.91 Å². The zero-order chi connectivity index (χ0) is 30.0. The van der Waals surface area contributed by atoms with Crippen LogP contribution in [0.5, 0.6) is 0 Å². The fourth-order valence-electron chi connectivity index (χ4n) is 4.58. The number of alkyl carbamates (subject to hydrolysis) is 1. The molecule has 0 aromatic heterocycles. The number of ether oxygens (including phenoxy) is 1. The maximum absolute atomic E-state index is 14.0. The van der Waals surface area contributed by atoms with Gasteiger partial charge in [0.1, 0.15) is 17.7 Å². The topological polar surface area (TPSA) is 87.7 Å². The van der Waals surface area contributed by atoms with Crippen molar-refractivity contribution in [3.05, 3.63) is 77.9 Å². The fourth-order valence-corrected chi connectivity index (χ4v) is 4.58. The fraction of sp³-hybridized carbons (Fsp3) is 0.382. The largest absolute Gasteiger partial charge is 0.444 e. The van der Waals surface area contributed by atoms with E-state index in [1.54, 1.807) is 56.9 Å². The summed E-state index contributed by atoms with van der Waals surface area (Å²) >= 11 is 0. The molecule has 0 saturated heterocycles. The van der Waals surface area contributed by atoms with E-state index in [9.17, 15) is 14.4 Å². The minimum absolute atomic E-state index is 0.339. The molecule has 0 radical (unpaired) electrons. The summed E-state index contributed by atoms with van der Waals surface area (Å²) in [7, 11) is 0. The highest BCUT2D eigenvalue weighted by atomic mass is 16.6. The van der Waals surface area contributed by atoms with Crippen LogP contribution in [0.1, 0.15) is 77.5 Å². The molecule has 0 fully saturated rings. The number of anilines is 1. The van der Waals surface area contributed by atoms with Crippen LogP contribution >= 0.6 is 0 Å². The van der Waals surface area contributed by atoms with Crippen molar-refractivity contribution in [3.8, 4) is 12.3 Å². The molecule has 3 amide bonds. The van der Waals surface area contributed by atoms with Gasteiger partial charge in [-0.1, -0.05) is 74.6 Å². The number of amides is 3. The molecule has 2 unspecified atom stereocenters. The van der Waals surface area contributed by atoms with E-state index in [2.05, 4.69) is 23.5 Å². The summed E-state index contributed by atoms with van der Waals surface area (Å²) in [5.41, 5.74) is 1.20. The first-order chi connectivity index (χ1) is 19.5. The minimum atomic E-state index is -0.953. The van der Waals surface area contributed by atoms with Crippen molar-refractivity contribution in [1.82, 2.24) is 10.2 Å². The van der Waals surface area contributed by atoms with E-state index >= 15 is 0 Å². The number of carbonyl (C=O) groups excluding carboxylic acids is 3. The van der Waals surface area contributed by atoms with Gasteiger partial charge in [0.05, 0.1) is 0 Å². The van der Waals surface area contributed by atoms with Gasteiger partial charge >= 0.3 is 6.09 Å². The first-order valence-electron chi connectivity index (χ1n) is 14.2. The predicted molar refractivity (Wildman–Crippen MR) is 164 cm³/mol. The van der Waals surface area contributed by atoms with Crippen LogP contribution in [0.4, 0.5) is 10.5 Å². The van der Waals surface area contributed by atoms with Gasteiger partial charge in [-0.25, -0.2) is 4.79 Å². The van der Waals surface area contributed by atoms with Crippen LogP contribution in [-0.4, -0.2) is 41.0 Å². The number of fused-ring (bicyclic) bond motifs is 1. The third-order valence-electron chi connectivity index (χ3n) is 6.61. The Bertz CT molecular complexity index is 1390. The Kier molecular flexibility index (Phi) is 10.9. The zero-order valence-corrected chi connectivity index (χ0v) is 24.7. The molecule has 2 N–H and O–H groups in total. The third-order valence-corrected chi connectivity index (χ3v) is 6.61. The Morgan fingerprint density at radius 1 is 0.951 bits per heavy atom. The summed E-state index contributed by atoms with van der Waals surface area (Å²) in [5.74, 6) is 1.85. The second-order valence-electron chi connectivity index (χ2n) is 11.2. The Morgan fingerprint density at radius 2 is 1.63 bits per heavy atom. The lowest BCUT2D eigenvalue weighted by Crippen LogP contribution is -2.51. The van der Waals surface area contributed by atoms with Gasteiger partial charge in [0, 0.05) is 17.8 Å². The Labute approximate surface area is 243 Å². The Balaban J connectivity index is 1.97. The summed E-state index contributed by atoms with van der Waals surface area (Å²) < 4.78 is 5.36. The van der Waals surface area contributed by atoms with Gasteiger partial charge < -0.3 is 20.3 Å². The summed E-state index contributed by atoms with van der Waals surface area (Å²) in [6.45, 7) is 9.32. The number of carbonyl (C=O) groups is 3. The molecule has 3 aromatic carbocycles. The molecule has 0 aliphatic heterocycles. The summed E-state index contributed by atoms with van der Waals surface area (Å²) in [6, 6.07) is 18.8. The molecule has 0 aliphatic rings. The lowest BCUT2D eigenvalue weighted by atomic mass is 10.0. The number of unbranched alkanes of at least 4 members (excludes halogenated alkanes) is 3. The monoisotopic (exact) mass is 555 g/mol. The lowest BCUT2D eigenvalue weighted by Gasteiger charge is -2.34. The Morgan fingerprint density at radius 3 is 2.27 bits per heavy atom. The summed E-state index contributed by atoms with van der Waals surface area (Å²) in [5, 5.41) is 7.71. The van der Waals surface area contributed by atoms with Crippen molar-refractivity contribution >= 4 is 34.4 Å². The molecule has 216 valence electrons. The van der Waals surface area contributed by atoms with Crippen LogP contribution in [0.2, 0.25) is 0 Å². The molecule has 3 aromatic rings. The van der Waals surface area contributed by atoms with Crippen LogP contribution in [0.3, 0.4) is 0 Å². The number of nitrogens with one attached hydrogen (secondary N) is 2. The second-order valence-corrected chi connectivity index (χ2v) is 11.2. The number of nitrogens with zero attached hydrogens (tertiary/aromatic N) is 1. The molecule has 3 rings (SSSR count). The van der Waals surface area contributed by atoms with Crippen molar-refractivity contribution < 1.29 is 19.1 Å².